The van der Waals surface area contributed by atoms with E-state index in [0.29, 0.717) is 13.1 Å². The molecular formula is C16H24Cl2N2O3S. The Morgan fingerprint density at radius 1 is 1.29 bits per heavy atom. The van der Waals surface area contributed by atoms with E-state index in [0.717, 1.165) is 31.1 Å². The van der Waals surface area contributed by atoms with Gasteiger partial charge in [-0.25, -0.2) is 12.7 Å². The Labute approximate surface area is 155 Å². The highest BCUT2D eigenvalue weighted by atomic mass is 35.5. The number of piperidine rings is 1. The van der Waals surface area contributed by atoms with Gasteiger partial charge in [0.05, 0.1) is 12.9 Å². The summed E-state index contributed by atoms with van der Waals surface area (Å²) >= 11 is 5.92. The van der Waals surface area contributed by atoms with Crippen LogP contribution in [0.4, 0.5) is 0 Å². The quantitative estimate of drug-likeness (QED) is 0.845. The van der Waals surface area contributed by atoms with Crippen LogP contribution in [-0.4, -0.2) is 61.8 Å². The minimum Gasteiger partial charge on any atom is -0.396 e. The highest BCUT2D eigenvalue weighted by molar-refractivity contribution is 7.88. The molecule has 1 aromatic rings. The van der Waals surface area contributed by atoms with Gasteiger partial charge in [0.15, 0.2) is 0 Å². The largest absolute Gasteiger partial charge is 0.396 e. The first-order valence-corrected chi connectivity index (χ1v) is 10.1. The fourth-order valence-electron chi connectivity index (χ4n) is 3.89. The van der Waals surface area contributed by atoms with Crippen molar-refractivity contribution < 1.29 is 13.5 Å². The summed E-state index contributed by atoms with van der Waals surface area (Å²) in [5.41, 5.74) is 0.840. The van der Waals surface area contributed by atoms with Crippen LogP contribution in [0.5, 0.6) is 0 Å². The van der Waals surface area contributed by atoms with E-state index in [-0.39, 0.29) is 30.3 Å². The molecule has 3 rings (SSSR count). The number of nitrogens with zero attached hydrogens (tertiary/aromatic N) is 2. The van der Waals surface area contributed by atoms with Crippen LogP contribution in [0.15, 0.2) is 24.3 Å². The van der Waals surface area contributed by atoms with Gasteiger partial charge in [0, 0.05) is 36.6 Å². The molecule has 2 saturated heterocycles. The summed E-state index contributed by atoms with van der Waals surface area (Å²) in [5.74, 6) is 0.240. The highest BCUT2D eigenvalue weighted by Crippen LogP contribution is 2.42. The number of benzene rings is 1. The van der Waals surface area contributed by atoms with Crippen molar-refractivity contribution in [1.29, 1.82) is 0 Å². The van der Waals surface area contributed by atoms with E-state index in [1.807, 2.05) is 24.3 Å². The molecule has 2 atom stereocenters. The number of aliphatic hydroxyl groups excluding tert-OH is 1. The van der Waals surface area contributed by atoms with E-state index in [9.17, 15) is 13.5 Å². The summed E-state index contributed by atoms with van der Waals surface area (Å²) in [6.45, 7) is 3.43. The number of hydrogen-bond donors (Lipinski definition) is 1. The fourth-order valence-corrected chi connectivity index (χ4v) is 4.96. The van der Waals surface area contributed by atoms with Gasteiger partial charge in [-0.1, -0.05) is 23.7 Å². The summed E-state index contributed by atoms with van der Waals surface area (Å²) in [4.78, 5) is 2.31. The van der Waals surface area contributed by atoms with Crippen LogP contribution in [0, 0.1) is 11.3 Å². The number of sulfonamides is 1. The molecule has 24 heavy (non-hydrogen) atoms. The molecule has 5 nitrogen and oxygen atoms in total. The third kappa shape index (κ3) is 4.06. The first kappa shape index (κ1) is 19.9. The van der Waals surface area contributed by atoms with Gasteiger partial charge in [-0.2, -0.15) is 0 Å². The molecule has 8 heteroatoms. The Hall–Kier alpha value is -0.370. The Balaban J connectivity index is 0.00000208. The molecule has 2 heterocycles. The molecule has 2 aliphatic heterocycles. The predicted molar refractivity (Wildman–Crippen MR) is 98.0 cm³/mol. The maximum absolute atomic E-state index is 11.9. The Morgan fingerprint density at radius 3 is 2.54 bits per heavy atom. The summed E-state index contributed by atoms with van der Waals surface area (Å²) < 4.78 is 25.2. The molecule has 136 valence electrons. The zero-order valence-corrected chi connectivity index (χ0v) is 16.1. The van der Waals surface area contributed by atoms with Crippen molar-refractivity contribution in [2.75, 3.05) is 39.0 Å². The van der Waals surface area contributed by atoms with Gasteiger partial charge in [0.2, 0.25) is 10.0 Å². The molecule has 1 N–H and O–H groups in total. The van der Waals surface area contributed by atoms with Crippen LogP contribution < -0.4 is 0 Å². The normalized spacial score (nSPS) is 28.4. The van der Waals surface area contributed by atoms with Gasteiger partial charge in [-0.3, -0.25) is 4.90 Å². The number of likely N-dealkylation sites (tertiary alicyclic amines) is 1. The Bertz CT molecular complexity index is 668. The molecule has 2 aliphatic rings. The van der Waals surface area contributed by atoms with Gasteiger partial charge >= 0.3 is 0 Å². The van der Waals surface area contributed by atoms with Crippen molar-refractivity contribution >= 4 is 34.0 Å². The molecule has 0 radical (unpaired) electrons. The lowest BCUT2D eigenvalue weighted by Gasteiger charge is -2.43. The molecular weight excluding hydrogens is 371 g/mol. The van der Waals surface area contributed by atoms with Crippen LogP contribution in [0.3, 0.4) is 0 Å². The first-order valence-electron chi connectivity index (χ1n) is 7.85. The average molecular weight is 395 g/mol. The lowest BCUT2D eigenvalue weighted by molar-refractivity contribution is 0.00883. The van der Waals surface area contributed by atoms with Crippen molar-refractivity contribution in [3.63, 3.8) is 0 Å². The predicted octanol–water partition coefficient (Wildman–Crippen LogP) is 1.84. The number of halogens is 2. The summed E-state index contributed by atoms with van der Waals surface area (Å²) in [6.07, 6.45) is 2.17. The zero-order valence-electron chi connectivity index (χ0n) is 13.7. The van der Waals surface area contributed by atoms with Crippen LogP contribution in [0.2, 0.25) is 5.02 Å². The summed E-state index contributed by atoms with van der Waals surface area (Å²) in [5, 5.41) is 10.7. The van der Waals surface area contributed by atoms with Crippen molar-refractivity contribution in [2.24, 2.45) is 11.3 Å². The topological polar surface area (TPSA) is 60.9 Å². The lowest BCUT2D eigenvalue weighted by Crippen LogP contribution is -2.50. The van der Waals surface area contributed by atoms with Crippen molar-refractivity contribution in [3.8, 4) is 0 Å². The average Bonchev–Trinajstić information content (AvgIpc) is 2.89. The second-order valence-corrected chi connectivity index (χ2v) is 9.32. The smallest absolute Gasteiger partial charge is 0.211 e. The van der Waals surface area contributed by atoms with Crippen molar-refractivity contribution in [3.05, 3.63) is 34.9 Å². The molecule has 0 aromatic heterocycles. The van der Waals surface area contributed by atoms with E-state index in [1.165, 1.54) is 16.1 Å². The molecule has 1 aromatic carbocycles. The molecule has 0 saturated carbocycles. The van der Waals surface area contributed by atoms with Gasteiger partial charge < -0.3 is 5.11 Å². The van der Waals surface area contributed by atoms with Crippen molar-refractivity contribution in [2.45, 2.75) is 13.0 Å². The third-order valence-electron chi connectivity index (χ3n) is 5.22. The maximum atomic E-state index is 11.9. The Kier molecular flexibility index (Phi) is 6.21. The van der Waals surface area contributed by atoms with E-state index in [4.69, 9.17) is 11.6 Å². The number of rotatable bonds is 4. The first-order chi connectivity index (χ1) is 10.8. The molecule has 0 aliphatic carbocycles. The van der Waals surface area contributed by atoms with E-state index < -0.39 is 10.0 Å². The maximum Gasteiger partial charge on any atom is 0.211 e. The minimum atomic E-state index is -3.20. The summed E-state index contributed by atoms with van der Waals surface area (Å²) in [7, 11) is -3.20. The van der Waals surface area contributed by atoms with Crippen LogP contribution >= 0.6 is 24.0 Å². The standard InChI is InChI=1S/C16H23ClN2O3S.ClH/c1-23(21,22)19-9-14-6-7-18(10-16(14,11-19)12-20)8-13-2-4-15(17)5-3-13;/h2-5,14,20H,6-12H2,1H3;1H/t14-,16+;/m0./s1. The number of fused-ring (bicyclic) bond motifs is 1. The molecule has 2 fully saturated rings. The highest BCUT2D eigenvalue weighted by Gasteiger charge is 2.51. The van der Waals surface area contributed by atoms with Gasteiger partial charge in [0.1, 0.15) is 0 Å². The van der Waals surface area contributed by atoms with Gasteiger partial charge in [-0.15, -0.1) is 12.4 Å². The number of hydrogen-bond acceptors (Lipinski definition) is 4. The van der Waals surface area contributed by atoms with Gasteiger partial charge in [-0.05, 0) is 36.6 Å². The molecule has 0 spiro atoms. The second-order valence-electron chi connectivity index (χ2n) is 6.90. The van der Waals surface area contributed by atoms with E-state index >= 15 is 0 Å². The SMILES string of the molecule is CS(=O)(=O)N1C[C@@H]2CCN(Cc3ccc(Cl)cc3)C[C@]2(CO)C1.Cl. The van der Waals surface area contributed by atoms with Gasteiger partial charge in [0.25, 0.3) is 0 Å². The lowest BCUT2D eigenvalue weighted by atomic mass is 9.74. The zero-order chi connectivity index (χ0) is 16.7. The summed E-state index contributed by atoms with van der Waals surface area (Å²) in [6, 6.07) is 7.79. The van der Waals surface area contributed by atoms with Crippen LogP contribution in [0.25, 0.3) is 0 Å². The number of aliphatic hydroxyl groups is 1. The minimum absolute atomic E-state index is 0. The monoisotopic (exact) mass is 394 g/mol. The second kappa shape index (κ2) is 7.48. The third-order valence-corrected chi connectivity index (χ3v) is 6.69. The van der Waals surface area contributed by atoms with Crippen LogP contribution in [-0.2, 0) is 16.6 Å². The Morgan fingerprint density at radius 2 is 1.96 bits per heavy atom. The molecule has 0 unspecified atom stereocenters. The fraction of sp³-hybridized carbons (Fsp3) is 0.625. The molecule has 0 bridgehead atoms. The van der Waals surface area contributed by atoms with E-state index in [1.54, 1.807) is 0 Å². The van der Waals surface area contributed by atoms with E-state index in [2.05, 4.69) is 4.90 Å². The molecule has 0 amide bonds. The van der Waals surface area contributed by atoms with Crippen LogP contribution in [0.1, 0.15) is 12.0 Å². The van der Waals surface area contributed by atoms with Crippen molar-refractivity contribution in [1.82, 2.24) is 9.21 Å².